The smallest absolute Gasteiger partial charge is 0.0618 e. The van der Waals surface area contributed by atoms with Crippen molar-refractivity contribution in [2.75, 3.05) is 53.6 Å². The first-order valence-corrected chi connectivity index (χ1v) is 9.06. The minimum Gasteiger partial charge on any atom is -0.383 e. The number of nitrogens with zero attached hydrogens (tertiary/aromatic N) is 4. The van der Waals surface area contributed by atoms with Crippen LogP contribution in [0.25, 0.3) is 0 Å². The zero-order valence-corrected chi connectivity index (χ0v) is 15.4. The van der Waals surface area contributed by atoms with Gasteiger partial charge in [-0.15, -0.1) is 0 Å². The normalized spacial score (nSPS) is 24.9. The predicted octanol–water partition coefficient (Wildman–Crippen LogP) is 1.37. The summed E-state index contributed by atoms with van der Waals surface area (Å²) in [5, 5.41) is 4.28. The van der Waals surface area contributed by atoms with E-state index in [4.69, 9.17) is 9.47 Å². The van der Waals surface area contributed by atoms with Crippen LogP contribution in [-0.2, 0) is 23.1 Å². The molecule has 0 aliphatic carbocycles. The molecule has 1 aromatic heterocycles. The van der Waals surface area contributed by atoms with E-state index in [1.165, 1.54) is 44.5 Å². The lowest BCUT2D eigenvalue weighted by atomic mass is 9.76. The number of rotatable bonds is 7. The van der Waals surface area contributed by atoms with E-state index in [1.807, 2.05) is 25.0 Å². The molecule has 2 aliphatic rings. The maximum Gasteiger partial charge on any atom is 0.0618 e. The van der Waals surface area contributed by atoms with Gasteiger partial charge in [0.15, 0.2) is 0 Å². The van der Waals surface area contributed by atoms with Crippen LogP contribution >= 0.6 is 0 Å². The molecule has 0 bridgehead atoms. The van der Waals surface area contributed by atoms with Gasteiger partial charge in [-0.2, -0.15) is 5.10 Å². The second-order valence-corrected chi connectivity index (χ2v) is 7.57. The van der Waals surface area contributed by atoms with Crippen molar-refractivity contribution in [2.45, 2.75) is 31.8 Å². The molecule has 6 nitrogen and oxygen atoms in total. The molecule has 2 aliphatic heterocycles. The summed E-state index contributed by atoms with van der Waals surface area (Å²) in [4.78, 5) is 5.16. The molecule has 1 spiro atoms. The predicted molar refractivity (Wildman–Crippen MR) is 93.9 cm³/mol. The summed E-state index contributed by atoms with van der Waals surface area (Å²) in [7, 11) is 5.59. The van der Waals surface area contributed by atoms with E-state index in [0.29, 0.717) is 11.5 Å². The Bertz CT molecular complexity index is 511. The van der Waals surface area contributed by atoms with Crippen molar-refractivity contribution in [1.82, 2.24) is 19.6 Å². The molecule has 0 aromatic carbocycles. The van der Waals surface area contributed by atoms with Gasteiger partial charge in [0.1, 0.15) is 0 Å². The Morgan fingerprint density at radius 3 is 2.67 bits per heavy atom. The van der Waals surface area contributed by atoms with Crippen LogP contribution in [0.4, 0.5) is 0 Å². The molecular weight excluding hydrogens is 304 g/mol. The van der Waals surface area contributed by atoms with Gasteiger partial charge in [-0.25, -0.2) is 0 Å². The van der Waals surface area contributed by atoms with Crippen molar-refractivity contribution in [1.29, 1.82) is 0 Å². The van der Waals surface area contributed by atoms with Crippen LogP contribution in [0, 0.1) is 5.41 Å². The van der Waals surface area contributed by atoms with Crippen molar-refractivity contribution in [3.63, 3.8) is 0 Å². The lowest BCUT2D eigenvalue weighted by Gasteiger charge is -2.39. The topological polar surface area (TPSA) is 42.8 Å². The van der Waals surface area contributed by atoms with Crippen LogP contribution in [-0.4, -0.2) is 79.2 Å². The molecule has 2 saturated heterocycles. The second-order valence-electron chi connectivity index (χ2n) is 7.57. The SMILES string of the molecule is COCCN1CC2(CCN(Cc3cnn(C)c3)CC2)C[C@H]1COC. The minimum absolute atomic E-state index is 0.475. The highest BCUT2D eigenvalue weighted by molar-refractivity contribution is 5.05. The minimum atomic E-state index is 0.475. The molecule has 1 atom stereocenters. The van der Waals surface area contributed by atoms with Crippen molar-refractivity contribution in [3.8, 4) is 0 Å². The van der Waals surface area contributed by atoms with Crippen LogP contribution in [0.1, 0.15) is 24.8 Å². The molecule has 3 heterocycles. The summed E-state index contributed by atoms with van der Waals surface area (Å²) >= 11 is 0. The lowest BCUT2D eigenvalue weighted by molar-refractivity contribution is 0.0858. The zero-order valence-electron chi connectivity index (χ0n) is 15.4. The largest absolute Gasteiger partial charge is 0.383 e. The Balaban J connectivity index is 1.54. The highest BCUT2D eigenvalue weighted by Gasteiger charge is 2.45. The third-order valence-electron chi connectivity index (χ3n) is 5.75. The van der Waals surface area contributed by atoms with Crippen molar-refractivity contribution in [2.24, 2.45) is 12.5 Å². The molecule has 6 heteroatoms. The third kappa shape index (κ3) is 4.17. The highest BCUT2D eigenvalue weighted by Crippen LogP contribution is 2.43. The van der Waals surface area contributed by atoms with E-state index in [9.17, 15) is 0 Å². The Morgan fingerprint density at radius 2 is 2.04 bits per heavy atom. The molecule has 1 aromatic rings. The number of methoxy groups -OCH3 is 2. The lowest BCUT2D eigenvalue weighted by Crippen LogP contribution is -2.41. The zero-order chi connectivity index (χ0) is 17.0. The van der Waals surface area contributed by atoms with E-state index in [1.54, 1.807) is 7.11 Å². The van der Waals surface area contributed by atoms with Crippen molar-refractivity contribution >= 4 is 0 Å². The van der Waals surface area contributed by atoms with Gasteiger partial charge in [-0.05, 0) is 37.8 Å². The Hall–Kier alpha value is -0.950. The maximum absolute atomic E-state index is 5.47. The van der Waals surface area contributed by atoms with Gasteiger partial charge < -0.3 is 9.47 Å². The Morgan fingerprint density at radius 1 is 1.25 bits per heavy atom. The standard InChI is InChI=1S/C18H32N4O2/c1-20-12-16(11-19-20)13-21-6-4-18(5-7-21)10-17(14-24-3)22(15-18)8-9-23-2/h11-12,17H,4-10,13-15H2,1-3H3/t17-/m0/s1. The molecule has 2 fully saturated rings. The summed E-state index contributed by atoms with van der Waals surface area (Å²) in [6.45, 7) is 7.27. The fraction of sp³-hybridized carbons (Fsp3) is 0.833. The number of hydrogen-bond donors (Lipinski definition) is 0. The van der Waals surface area contributed by atoms with Crippen LogP contribution in [0.5, 0.6) is 0 Å². The first kappa shape index (κ1) is 17.9. The third-order valence-corrected chi connectivity index (χ3v) is 5.75. The molecule has 0 saturated carbocycles. The number of piperidine rings is 1. The van der Waals surface area contributed by atoms with Crippen LogP contribution in [0.2, 0.25) is 0 Å². The summed E-state index contributed by atoms with van der Waals surface area (Å²) < 4.78 is 12.7. The number of aromatic nitrogens is 2. The first-order valence-electron chi connectivity index (χ1n) is 9.06. The van der Waals surface area contributed by atoms with E-state index < -0.39 is 0 Å². The molecule has 24 heavy (non-hydrogen) atoms. The molecule has 136 valence electrons. The van der Waals surface area contributed by atoms with Gasteiger partial charge in [-0.3, -0.25) is 14.5 Å². The quantitative estimate of drug-likeness (QED) is 0.752. The average Bonchev–Trinajstić information content (AvgIpc) is 3.12. The van der Waals surface area contributed by atoms with Crippen LogP contribution < -0.4 is 0 Å². The Kier molecular flexibility index (Phi) is 5.92. The molecule has 0 N–H and O–H groups in total. The number of ether oxygens (including phenoxy) is 2. The van der Waals surface area contributed by atoms with Crippen LogP contribution in [0.15, 0.2) is 12.4 Å². The fourth-order valence-corrected chi connectivity index (χ4v) is 4.44. The van der Waals surface area contributed by atoms with Gasteiger partial charge in [0.25, 0.3) is 0 Å². The van der Waals surface area contributed by atoms with Gasteiger partial charge in [0, 0.05) is 58.7 Å². The van der Waals surface area contributed by atoms with Crippen LogP contribution in [0.3, 0.4) is 0 Å². The van der Waals surface area contributed by atoms with E-state index in [-0.39, 0.29) is 0 Å². The monoisotopic (exact) mass is 336 g/mol. The number of hydrogen-bond acceptors (Lipinski definition) is 5. The van der Waals surface area contributed by atoms with Crippen molar-refractivity contribution < 1.29 is 9.47 Å². The van der Waals surface area contributed by atoms with E-state index >= 15 is 0 Å². The molecule has 0 amide bonds. The fourth-order valence-electron chi connectivity index (χ4n) is 4.44. The Labute approximate surface area is 145 Å². The van der Waals surface area contributed by atoms with E-state index in [2.05, 4.69) is 21.1 Å². The number of aryl methyl sites for hydroxylation is 1. The van der Waals surface area contributed by atoms with E-state index in [0.717, 1.165) is 26.3 Å². The molecule has 0 unspecified atom stereocenters. The van der Waals surface area contributed by atoms with Gasteiger partial charge in [-0.1, -0.05) is 0 Å². The molecular formula is C18H32N4O2. The molecule has 0 radical (unpaired) electrons. The van der Waals surface area contributed by atoms with Gasteiger partial charge in [0.2, 0.25) is 0 Å². The average molecular weight is 336 g/mol. The first-order chi connectivity index (χ1) is 11.6. The van der Waals surface area contributed by atoms with Crippen molar-refractivity contribution in [3.05, 3.63) is 18.0 Å². The second kappa shape index (κ2) is 7.95. The maximum atomic E-state index is 5.47. The van der Waals surface area contributed by atoms with Gasteiger partial charge in [0.05, 0.1) is 19.4 Å². The summed E-state index contributed by atoms with van der Waals surface area (Å²) in [6.07, 6.45) is 7.96. The highest BCUT2D eigenvalue weighted by atomic mass is 16.5. The summed E-state index contributed by atoms with van der Waals surface area (Å²) in [6, 6.07) is 0.551. The summed E-state index contributed by atoms with van der Waals surface area (Å²) in [5.74, 6) is 0. The summed E-state index contributed by atoms with van der Waals surface area (Å²) in [5.41, 5.74) is 1.79. The van der Waals surface area contributed by atoms with Gasteiger partial charge >= 0.3 is 0 Å². The molecule has 3 rings (SSSR count). The number of likely N-dealkylation sites (tertiary alicyclic amines) is 2.